The van der Waals surface area contributed by atoms with Gasteiger partial charge in [-0.3, -0.25) is 0 Å². The minimum atomic E-state index is -3.77. The zero-order valence-electron chi connectivity index (χ0n) is 16.0. The summed E-state index contributed by atoms with van der Waals surface area (Å²) in [6.45, 7) is 7.63. The first-order valence-corrected chi connectivity index (χ1v) is 11.0. The molecule has 4 aromatic rings. The first kappa shape index (κ1) is 20.3. The summed E-state index contributed by atoms with van der Waals surface area (Å²) in [5.41, 5.74) is 2.44. The van der Waals surface area contributed by atoms with Gasteiger partial charge in [-0.25, -0.2) is 17.4 Å². The van der Waals surface area contributed by atoms with Crippen LogP contribution in [0, 0.1) is 13.8 Å². The third-order valence-electron chi connectivity index (χ3n) is 4.16. The van der Waals surface area contributed by atoms with Gasteiger partial charge in [0.1, 0.15) is 5.76 Å². The summed E-state index contributed by atoms with van der Waals surface area (Å²) < 4.78 is 33.2. The van der Waals surface area contributed by atoms with Crippen molar-refractivity contribution < 1.29 is 12.9 Å². The number of hydrogen-bond acceptors (Lipinski definition) is 5. The highest BCUT2D eigenvalue weighted by Gasteiger charge is 2.23. The molecule has 3 heterocycles. The summed E-state index contributed by atoms with van der Waals surface area (Å²) >= 11 is 3.43. The topological polar surface area (TPSA) is 78.0 Å². The molecule has 0 N–H and O–H groups in total. The lowest BCUT2D eigenvalue weighted by Gasteiger charge is -2.07. The summed E-state index contributed by atoms with van der Waals surface area (Å²) in [5, 5.41) is 4.66. The lowest BCUT2D eigenvalue weighted by molar-refractivity contribution is 0.393. The third-order valence-corrected chi connectivity index (χ3v) is 6.46. The number of aromatic nitrogens is 3. The SMILES string of the molecule is CC.Cc1noc(C)c1-c1ccc2c(Br)cn(S(=O)(=O)c3ccccc3)c2n1. The van der Waals surface area contributed by atoms with Crippen LogP contribution in [0.2, 0.25) is 0 Å². The summed E-state index contributed by atoms with van der Waals surface area (Å²) in [7, 11) is -3.77. The van der Waals surface area contributed by atoms with Crippen LogP contribution in [0.15, 0.2) is 62.6 Å². The van der Waals surface area contributed by atoms with Gasteiger partial charge in [0, 0.05) is 16.1 Å². The zero-order chi connectivity index (χ0) is 20.5. The molecule has 0 atom stereocenters. The van der Waals surface area contributed by atoms with E-state index in [0.717, 1.165) is 5.56 Å². The highest BCUT2D eigenvalue weighted by molar-refractivity contribution is 9.10. The van der Waals surface area contributed by atoms with Gasteiger partial charge in [-0.05, 0) is 54.0 Å². The minimum Gasteiger partial charge on any atom is -0.361 e. The van der Waals surface area contributed by atoms with Crippen LogP contribution in [-0.2, 0) is 10.0 Å². The van der Waals surface area contributed by atoms with Crippen molar-refractivity contribution >= 4 is 37.0 Å². The van der Waals surface area contributed by atoms with Crippen molar-refractivity contribution in [3.05, 3.63) is 64.6 Å². The van der Waals surface area contributed by atoms with Crippen molar-refractivity contribution in [3.8, 4) is 11.3 Å². The summed E-state index contributed by atoms with van der Waals surface area (Å²) in [6.07, 6.45) is 1.52. The molecule has 0 fully saturated rings. The first-order valence-electron chi connectivity index (χ1n) is 8.81. The monoisotopic (exact) mass is 461 g/mol. The molecule has 3 aromatic heterocycles. The molecule has 0 saturated heterocycles. The van der Waals surface area contributed by atoms with Crippen LogP contribution < -0.4 is 0 Å². The Kier molecular flexibility index (Phi) is 5.71. The van der Waals surface area contributed by atoms with Gasteiger partial charge >= 0.3 is 0 Å². The van der Waals surface area contributed by atoms with Crippen molar-refractivity contribution in [2.75, 3.05) is 0 Å². The maximum absolute atomic E-state index is 13.1. The summed E-state index contributed by atoms with van der Waals surface area (Å²) in [6, 6.07) is 12.0. The van der Waals surface area contributed by atoms with Crippen molar-refractivity contribution in [2.24, 2.45) is 0 Å². The Morgan fingerprint density at radius 2 is 1.71 bits per heavy atom. The van der Waals surface area contributed by atoms with E-state index < -0.39 is 10.0 Å². The normalized spacial score (nSPS) is 11.3. The number of fused-ring (bicyclic) bond motifs is 1. The van der Waals surface area contributed by atoms with E-state index in [1.807, 2.05) is 32.9 Å². The molecule has 0 radical (unpaired) electrons. The van der Waals surface area contributed by atoms with Crippen LogP contribution in [0.5, 0.6) is 0 Å². The molecule has 8 heteroatoms. The maximum Gasteiger partial charge on any atom is 0.269 e. The second kappa shape index (κ2) is 7.89. The van der Waals surface area contributed by atoms with E-state index in [0.29, 0.717) is 32.7 Å². The third kappa shape index (κ3) is 3.38. The fourth-order valence-electron chi connectivity index (χ4n) is 2.91. The zero-order valence-corrected chi connectivity index (χ0v) is 18.4. The molecular formula is C20H20BrN3O3S. The van der Waals surface area contributed by atoms with Crippen molar-refractivity contribution in [1.29, 1.82) is 0 Å². The maximum atomic E-state index is 13.1. The van der Waals surface area contributed by atoms with Gasteiger partial charge in [0.2, 0.25) is 0 Å². The van der Waals surface area contributed by atoms with E-state index in [1.165, 1.54) is 10.2 Å². The van der Waals surface area contributed by atoms with E-state index in [9.17, 15) is 8.42 Å². The van der Waals surface area contributed by atoms with Gasteiger partial charge in [0.15, 0.2) is 5.65 Å². The van der Waals surface area contributed by atoms with Crippen LogP contribution in [0.1, 0.15) is 25.3 Å². The van der Waals surface area contributed by atoms with Gasteiger partial charge < -0.3 is 4.52 Å². The molecule has 0 spiro atoms. The second-order valence-electron chi connectivity index (χ2n) is 5.86. The summed E-state index contributed by atoms with van der Waals surface area (Å²) in [5.74, 6) is 0.637. The molecule has 1 aromatic carbocycles. The molecule has 0 aliphatic carbocycles. The van der Waals surface area contributed by atoms with Crippen molar-refractivity contribution in [3.63, 3.8) is 0 Å². The number of pyridine rings is 1. The van der Waals surface area contributed by atoms with E-state index >= 15 is 0 Å². The second-order valence-corrected chi connectivity index (χ2v) is 8.53. The Bertz CT molecular complexity index is 1210. The van der Waals surface area contributed by atoms with E-state index in [-0.39, 0.29) is 4.90 Å². The Labute approximate surface area is 172 Å². The molecule has 6 nitrogen and oxygen atoms in total. The molecule has 28 heavy (non-hydrogen) atoms. The van der Waals surface area contributed by atoms with E-state index in [1.54, 1.807) is 37.3 Å². The molecule has 4 rings (SSSR count). The molecule has 0 amide bonds. The molecule has 0 aliphatic rings. The molecule has 146 valence electrons. The standard InChI is InChI=1S/C18H14BrN3O3S.C2H6/c1-11-17(12(2)25-21-11)16-9-8-14-15(19)10-22(18(14)20-16)26(23,24)13-6-4-3-5-7-13;1-2/h3-10H,1-2H3;1-2H3. The Morgan fingerprint density at radius 3 is 2.32 bits per heavy atom. The predicted octanol–water partition coefficient (Wildman–Crippen LogP) is 5.33. The minimum absolute atomic E-state index is 0.203. The number of hydrogen-bond donors (Lipinski definition) is 0. The van der Waals surface area contributed by atoms with Crippen LogP contribution in [-0.4, -0.2) is 22.5 Å². The van der Waals surface area contributed by atoms with Crippen LogP contribution in [0.4, 0.5) is 0 Å². The van der Waals surface area contributed by atoms with Gasteiger partial charge in [0.25, 0.3) is 10.0 Å². The van der Waals surface area contributed by atoms with Gasteiger partial charge in [-0.15, -0.1) is 0 Å². The molecular weight excluding hydrogens is 442 g/mol. The average molecular weight is 462 g/mol. The van der Waals surface area contributed by atoms with E-state index in [4.69, 9.17) is 4.52 Å². The molecule has 0 saturated carbocycles. The van der Waals surface area contributed by atoms with E-state index in [2.05, 4.69) is 26.1 Å². The van der Waals surface area contributed by atoms with Gasteiger partial charge in [0.05, 0.1) is 21.8 Å². The molecule has 0 aliphatic heterocycles. The Balaban J connectivity index is 0.00000109. The average Bonchev–Trinajstić information content (AvgIpc) is 3.23. The van der Waals surface area contributed by atoms with Gasteiger partial charge in [-0.2, -0.15) is 0 Å². The van der Waals surface area contributed by atoms with Crippen LogP contribution in [0.25, 0.3) is 22.3 Å². The Morgan fingerprint density at radius 1 is 1.04 bits per heavy atom. The smallest absolute Gasteiger partial charge is 0.269 e. The summed E-state index contributed by atoms with van der Waals surface area (Å²) in [4.78, 5) is 4.81. The van der Waals surface area contributed by atoms with Gasteiger partial charge in [-0.1, -0.05) is 37.2 Å². The van der Waals surface area contributed by atoms with Crippen molar-refractivity contribution in [1.82, 2.24) is 14.1 Å². The number of benzene rings is 1. The number of aryl methyl sites for hydroxylation is 2. The fraction of sp³-hybridized carbons (Fsp3) is 0.200. The molecule has 0 unspecified atom stereocenters. The Hall–Kier alpha value is -2.45. The quantitative estimate of drug-likeness (QED) is 0.411. The number of rotatable bonds is 3. The lowest BCUT2D eigenvalue weighted by atomic mass is 10.1. The lowest BCUT2D eigenvalue weighted by Crippen LogP contribution is -2.12. The number of halogens is 1. The predicted molar refractivity (Wildman–Crippen MR) is 113 cm³/mol. The largest absolute Gasteiger partial charge is 0.361 e. The first-order chi connectivity index (χ1) is 13.4. The highest BCUT2D eigenvalue weighted by atomic mass is 79.9. The van der Waals surface area contributed by atoms with Crippen LogP contribution in [0.3, 0.4) is 0 Å². The van der Waals surface area contributed by atoms with Crippen LogP contribution >= 0.6 is 15.9 Å². The van der Waals surface area contributed by atoms with Crippen molar-refractivity contribution in [2.45, 2.75) is 32.6 Å². The highest BCUT2D eigenvalue weighted by Crippen LogP contribution is 2.32. The molecule has 0 bridgehead atoms. The number of nitrogens with zero attached hydrogens (tertiary/aromatic N) is 3. The fourth-order valence-corrected chi connectivity index (χ4v) is 4.90.